The molecule has 0 fully saturated rings. The third-order valence-electron chi connectivity index (χ3n) is 10.5. The van der Waals surface area contributed by atoms with Gasteiger partial charge in [0.2, 0.25) is 5.95 Å². The van der Waals surface area contributed by atoms with Gasteiger partial charge in [-0.3, -0.25) is 4.79 Å². The Kier molecular flexibility index (Phi) is 12.7. The molecule has 1 atom stereocenters. The van der Waals surface area contributed by atoms with E-state index in [1.807, 2.05) is 97.6 Å². The zero-order valence-corrected chi connectivity index (χ0v) is 33.8. The molecule has 11 heteroatoms. The number of aldehydes is 1. The zero-order chi connectivity index (χ0) is 41.2. The molecule has 0 saturated carbocycles. The molecule has 7 aromatic rings. The number of aliphatic imine (C=N–C) groups is 1. The Balaban J connectivity index is 1.32. The van der Waals surface area contributed by atoms with Crippen LogP contribution >= 0.6 is 0 Å². The molecule has 59 heavy (non-hydrogen) atoms. The maximum atomic E-state index is 14.4. The summed E-state index contributed by atoms with van der Waals surface area (Å²) in [5, 5.41) is 13.8. The van der Waals surface area contributed by atoms with Crippen molar-refractivity contribution in [1.82, 2.24) is 34.7 Å². The van der Waals surface area contributed by atoms with Gasteiger partial charge in [0.25, 0.3) is 5.56 Å². The molecule has 0 radical (unpaired) electrons. The predicted molar refractivity (Wildman–Crippen MR) is 232 cm³/mol. The minimum Gasteiger partial charge on any atom is -0.369 e. The first kappa shape index (κ1) is 40.4. The zero-order valence-electron chi connectivity index (χ0n) is 33.8. The van der Waals surface area contributed by atoms with Gasteiger partial charge in [-0.05, 0) is 56.6 Å². The monoisotopic (exact) mass is 784 g/mol. The lowest BCUT2D eigenvalue weighted by Gasteiger charge is -2.36. The fourth-order valence-corrected chi connectivity index (χ4v) is 7.66. The molecule has 2 aromatic heterocycles. The van der Waals surface area contributed by atoms with Gasteiger partial charge < -0.3 is 14.4 Å². The van der Waals surface area contributed by atoms with Gasteiger partial charge >= 0.3 is 0 Å². The summed E-state index contributed by atoms with van der Waals surface area (Å²) in [6, 6.07) is 47.4. The van der Waals surface area contributed by atoms with Crippen molar-refractivity contribution < 1.29 is 9.53 Å². The van der Waals surface area contributed by atoms with Crippen LogP contribution in [0.3, 0.4) is 0 Å². The second-order valence-electron chi connectivity index (χ2n) is 14.6. The first-order valence-corrected chi connectivity index (χ1v) is 19.9. The van der Waals surface area contributed by atoms with E-state index in [2.05, 4.69) is 77.8 Å². The number of tetrazole rings is 1. The molecule has 0 N–H and O–H groups in total. The first-order valence-electron chi connectivity index (χ1n) is 19.9. The van der Waals surface area contributed by atoms with E-state index in [0.29, 0.717) is 29.9 Å². The number of aromatic nitrogens is 6. The van der Waals surface area contributed by atoms with Crippen LogP contribution in [0.15, 0.2) is 149 Å². The Morgan fingerprint density at radius 1 is 0.797 bits per heavy atom. The predicted octanol–water partition coefficient (Wildman–Crippen LogP) is 8.29. The van der Waals surface area contributed by atoms with Crippen LogP contribution < -0.4 is 5.56 Å². The molecule has 0 saturated heterocycles. The number of hydrogen-bond donors (Lipinski definition) is 0. The highest BCUT2D eigenvalue weighted by Crippen LogP contribution is 2.43. The molecule has 298 valence electrons. The molecule has 7 rings (SSSR count). The lowest BCUT2D eigenvalue weighted by atomic mass is 9.77. The summed E-state index contributed by atoms with van der Waals surface area (Å²) in [6.45, 7) is 2.11. The van der Waals surface area contributed by atoms with Crippen LogP contribution in [0, 0.1) is 0 Å². The van der Waals surface area contributed by atoms with Gasteiger partial charge in [0.1, 0.15) is 18.1 Å². The maximum absolute atomic E-state index is 14.4. The molecule has 5 aromatic carbocycles. The van der Waals surface area contributed by atoms with Crippen LogP contribution in [0.1, 0.15) is 65.9 Å². The number of hydrogen-bond acceptors (Lipinski definition) is 8. The van der Waals surface area contributed by atoms with Crippen molar-refractivity contribution in [3.8, 4) is 22.5 Å². The molecule has 2 heterocycles. The normalized spacial score (nSPS) is 12.1. The van der Waals surface area contributed by atoms with E-state index in [0.717, 1.165) is 58.1 Å². The average Bonchev–Trinajstić information content (AvgIpc) is 3.77. The van der Waals surface area contributed by atoms with Crippen LogP contribution in [-0.4, -0.2) is 68.5 Å². The molecule has 11 nitrogen and oxygen atoms in total. The topological polar surface area (TPSA) is 120 Å². The summed E-state index contributed by atoms with van der Waals surface area (Å²) in [6.07, 6.45) is 4.23. The Labute approximate surface area is 344 Å². The molecular formula is C48H48N8O3. The van der Waals surface area contributed by atoms with Crippen LogP contribution in [0.5, 0.6) is 0 Å². The Bertz CT molecular complexity index is 2460. The molecule has 0 aliphatic heterocycles. The van der Waals surface area contributed by atoms with Crippen molar-refractivity contribution >= 4 is 18.6 Å². The molecule has 1 unspecified atom stereocenters. The van der Waals surface area contributed by atoms with Gasteiger partial charge in [-0.15, -0.1) is 5.10 Å². The number of unbranched alkanes of at least 4 members (excludes halogenated alkanes) is 1. The van der Waals surface area contributed by atoms with Gasteiger partial charge in [0.05, 0.1) is 12.0 Å². The Hall–Kier alpha value is -6.85. The molecule has 0 aliphatic carbocycles. The first-order chi connectivity index (χ1) is 28.9. The van der Waals surface area contributed by atoms with Crippen LogP contribution in [-0.2, 0) is 27.9 Å². The Morgan fingerprint density at radius 2 is 1.37 bits per heavy atom. The van der Waals surface area contributed by atoms with Crippen molar-refractivity contribution in [2.75, 3.05) is 21.2 Å². The number of ether oxygens (including phenoxy) is 1. The lowest BCUT2D eigenvalue weighted by molar-refractivity contribution is -0.111. The standard InChI is InChI=1S/C48H48N8O3/c1-5-6-26-43-42(46(58)55(44(59-4)31-32-57)47(50-43)49-34-54(2)3)33-35-27-29-36(30-28-35)40-24-16-17-25-41(40)45-51-52-53-56(45)48(37-18-10-7-11-19-37,38-20-12-8-13-21-38)39-22-14-9-15-23-39/h7-25,27-30,32,34,44H,5-6,26,31,33H2,1-4H3. The van der Waals surface area contributed by atoms with Gasteiger partial charge in [-0.1, -0.05) is 153 Å². The van der Waals surface area contributed by atoms with E-state index in [1.165, 1.54) is 11.7 Å². The van der Waals surface area contributed by atoms with Crippen molar-refractivity contribution in [2.45, 2.75) is 50.8 Å². The number of benzene rings is 5. The highest BCUT2D eigenvalue weighted by atomic mass is 16.5. The van der Waals surface area contributed by atoms with E-state index >= 15 is 0 Å². The second-order valence-corrected chi connectivity index (χ2v) is 14.6. The summed E-state index contributed by atoms with van der Waals surface area (Å²) in [4.78, 5) is 37.3. The molecule has 0 spiro atoms. The lowest BCUT2D eigenvalue weighted by Crippen LogP contribution is -2.39. The third kappa shape index (κ3) is 8.28. The molecular weight excluding hydrogens is 737 g/mol. The van der Waals surface area contributed by atoms with Gasteiger partial charge in [-0.25, -0.2) is 19.2 Å². The van der Waals surface area contributed by atoms with E-state index in [-0.39, 0.29) is 17.9 Å². The molecule has 0 amide bonds. The van der Waals surface area contributed by atoms with Crippen molar-refractivity contribution in [2.24, 2.45) is 4.99 Å². The van der Waals surface area contributed by atoms with E-state index < -0.39 is 11.8 Å². The third-order valence-corrected chi connectivity index (χ3v) is 10.5. The van der Waals surface area contributed by atoms with Crippen molar-refractivity contribution in [1.29, 1.82) is 0 Å². The number of rotatable bonds is 17. The van der Waals surface area contributed by atoms with E-state index in [4.69, 9.17) is 20.0 Å². The van der Waals surface area contributed by atoms with Crippen LogP contribution in [0.25, 0.3) is 22.5 Å². The summed E-state index contributed by atoms with van der Waals surface area (Å²) < 4.78 is 8.97. The van der Waals surface area contributed by atoms with E-state index in [1.54, 1.807) is 11.2 Å². The van der Waals surface area contributed by atoms with Gasteiger partial charge in [0.15, 0.2) is 5.82 Å². The summed E-state index contributed by atoms with van der Waals surface area (Å²) >= 11 is 0. The SMILES string of the molecule is CCCCc1nc(N=CN(C)C)n(C(CC=O)OC)c(=O)c1Cc1ccc(-c2ccccc2-c2nnnn2C(c2ccccc2)(c2ccccc2)c2ccccc2)cc1. The van der Waals surface area contributed by atoms with E-state index in [9.17, 15) is 9.59 Å². The fourth-order valence-electron chi connectivity index (χ4n) is 7.66. The van der Waals surface area contributed by atoms with Crippen LogP contribution in [0.4, 0.5) is 5.95 Å². The average molecular weight is 785 g/mol. The Morgan fingerprint density at radius 3 is 1.92 bits per heavy atom. The molecule has 0 bridgehead atoms. The largest absolute Gasteiger partial charge is 0.369 e. The second kappa shape index (κ2) is 18.6. The van der Waals surface area contributed by atoms with Gasteiger partial charge in [0, 0.05) is 45.2 Å². The number of carbonyl (C=O) groups excluding carboxylic acids is 1. The smallest absolute Gasteiger partial charge is 0.260 e. The summed E-state index contributed by atoms with van der Waals surface area (Å²) in [7, 11) is 5.16. The van der Waals surface area contributed by atoms with Crippen molar-refractivity contribution in [3.05, 3.63) is 183 Å². The number of methoxy groups -OCH3 is 1. The molecule has 0 aliphatic rings. The highest BCUT2D eigenvalue weighted by molar-refractivity contribution is 5.81. The fraction of sp³-hybridized carbons (Fsp3) is 0.229. The van der Waals surface area contributed by atoms with Gasteiger partial charge in [-0.2, -0.15) is 0 Å². The number of aryl methyl sites for hydroxylation is 1. The highest BCUT2D eigenvalue weighted by Gasteiger charge is 2.42. The number of nitrogens with zero attached hydrogens (tertiary/aromatic N) is 8. The minimum absolute atomic E-state index is 0.0170. The number of carbonyl (C=O) groups is 1. The van der Waals surface area contributed by atoms with Crippen molar-refractivity contribution in [3.63, 3.8) is 0 Å². The summed E-state index contributed by atoms with van der Waals surface area (Å²) in [5.74, 6) is 0.811. The minimum atomic E-state index is -0.906. The maximum Gasteiger partial charge on any atom is 0.260 e. The van der Waals surface area contributed by atoms with Crippen LogP contribution in [0.2, 0.25) is 0 Å². The summed E-state index contributed by atoms with van der Waals surface area (Å²) in [5.41, 5.74) is 6.82. The quantitative estimate of drug-likeness (QED) is 0.0392.